The first-order valence-electron chi connectivity index (χ1n) is 4.57. The summed E-state index contributed by atoms with van der Waals surface area (Å²) in [4.78, 5) is 0. The normalized spacial score (nSPS) is 12.3. The Morgan fingerprint density at radius 2 is 1.93 bits per heavy atom. The van der Waals surface area contributed by atoms with Crippen LogP contribution in [0.1, 0.15) is 5.56 Å². The van der Waals surface area contributed by atoms with Gasteiger partial charge < -0.3 is 4.57 Å². The minimum Gasteiger partial charge on any atom is -0.350 e. The number of fused-ring (bicyclic) bond motifs is 1. The van der Waals surface area contributed by atoms with E-state index in [2.05, 4.69) is 0 Å². The van der Waals surface area contributed by atoms with Crippen LogP contribution in [0.5, 0.6) is 0 Å². The molecule has 1 aromatic carbocycles. The summed E-state index contributed by atoms with van der Waals surface area (Å²) in [5.41, 5.74) is 0.988. The van der Waals surface area contributed by atoms with Gasteiger partial charge in [0.25, 0.3) is 0 Å². The summed E-state index contributed by atoms with van der Waals surface area (Å²) in [5, 5.41) is 0.847. The van der Waals surface area contributed by atoms with Crippen molar-refractivity contribution in [3.05, 3.63) is 36.0 Å². The second-order valence-electron chi connectivity index (χ2n) is 3.57. The highest BCUT2D eigenvalue weighted by Crippen LogP contribution is 2.26. The Hall–Kier alpha value is -1.45. The van der Waals surface area contributed by atoms with Crippen molar-refractivity contribution >= 4 is 10.9 Å². The molecule has 0 saturated heterocycles. The highest BCUT2D eigenvalue weighted by atomic mass is 19.4. The molecule has 80 valence electrons. The van der Waals surface area contributed by atoms with E-state index in [9.17, 15) is 13.2 Å². The summed E-state index contributed by atoms with van der Waals surface area (Å²) in [6, 6.07) is 6.81. The van der Waals surface area contributed by atoms with Gasteiger partial charge in [0.15, 0.2) is 0 Å². The van der Waals surface area contributed by atoms with E-state index in [-0.39, 0.29) is 0 Å². The molecule has 0 saturated carbocycles. The Kier molecular flexibility index (Phi) is 2.21. The number of nitrogens with zero attached hydrogens (tertiary/aromatic N) is 1. The molecular weight excluding hydrogens is 203 g/mol. The van der Waals surface area contributed by atoms with Crippen molar-refractivity contribution in [2.75, 3.05) is 0 Å². The van der Waals surface area contributed by atoms with Crippen molar-refractivity contribution in [2.45, 2.75) is 12.6 Å². The molecule has 0 amide bonds. The van der Waals surface area contributed by atoms with Crippen molar-refractivity contribution in [3.8, 4) is 0 Å². The molecule has 2 aromatic rings. The largest absolute Gasteiger partial charge is 0.393 e. The van der Waals surface area contributed by atoms with E-state index in [0.717, 1.165) is 5.39 Å². The SMILES string of the molecule is Cn1ccc2cccc(CC(F)(F)F)c21. The van der Waals surface area contributed by atoms with Crippen LogP contribution in [0.4, 0.5) is 13.2 Å². The van der Waals surface area contributed by atoms with E-state index in [4.69, 9.17) is 0 Å². The Bertz CT molecular complexity index is 482. The van der Waals surface area contributed by atoms with Crippen LogP contribution in [-0.2, 0) is 13.5 Å². The number of aromatic nitrogens is 1. The second kappa shape index (κ2) is 3.29. The van der Waals surface area contributed by atoms with Gasteiger partial charge in [-0.1, -0.05) is 18.2 Å². The van der Waals surface area contributed by atoms with Gasteiger partial charge in [0.1, 0.15) is 0 Å². The van der Waals surface area contributed by atoms with E-state index in [1.807, 2.05) is 12.1 Å². The molecule has 0 bridgehead atoms. The van der Waals surface area contributed by atoms with Gasteiger partial charge >= 0.3 is 6.18 Å². The third-order valence-corrected chi connectivity index (χ3v) is 2.37. The topological polar surface area (TPSA) is 4.93 Å². The molecule has 0 radical (unpaired) electrons. The van der Waals surface area contributed by atoms with Crippen molar-refractivity contribution < 1.29 is 13.2 Å². The first-order chi connectivity index (χ1) is 6.97. The number of halogens is 3. The number of para-hydroxylation sites is 1. The number of aryl methyl sites for hydroxylation is 1. The molecular formula is C11H10F3N. The fourth-order valence-electron chi connectivity index (χ4n) is 1.80. The zero-order valence-corrected chi connectivity index (χ0v) is 8.17. The van der Waals surface area contributed by atoms with Crippen LogP contribution in [0.25, 0.3) is 10.9 Å². The van der Waals surface area contributed by atoms with E-state index in [1.165, 1.54) is 6.07 Å². The molecule has 1 aromatic heterocycles. The molecule has 15 heavy (non-hydrogen) atoms. The summed E-state index contributed by atoms with van der Waals surface area (Å²) >= 11 is 0. The fraction of sp³-hybridized carbons (Fsp3) is 0.273. The average molecular weight is 213 g/mol. The van der Waals surface area contributed by atoms with E-state index in [0.29, 0.717) is 11.1 Å². The van der Waals surface area contributed by atoms with Gasteiger partial charge in [0.2, 0.25) is 0 Å². The molecule has 1 nitrogen and oxygen atoms in total. The van der Waals surface area contributed by atoms with E-state index >= 15 is 0 Å². The Morgan fingerprint density at radius 1 is 1.20 bits per heavy atom. The number of hydrogen-bond acceptors (Lipinski definition) is 0. The molecule has 4 heteroatoms. The zero-order valence-electron chi connectivity index (χ0n) is 8.17. The van der Waals surface area contributed by atoms with Gasteiger partial charge in [-0.2, -0.15) is 13.2 Å². The monoisotopic (exact) mass is 213 g/mol. The molecule has 1 heterocycles. The van der Waals surface area contributed by atoms with Gasteiger partial charge in [-0.25, -0.2) is 0 Å². The zero-order chi connectivity index (χ0) is 11.1. The number of hydrogen-bond donors (Lipinski definition) is 0. The van der Waals surface area contributed by atoms with Crippen LogP contribution < -0.4 is 0 Å². The van der Waals surface area contributed by atoms with Crippen molar-refractivity contribution in [1.82, 2.24) is 4.57 Å². The summed E-state index contributed by atoms with van der Waals surface area (Å²) in [6.07, 6.45) is -3.26. The highest BCUT2D eigenvalue weighted by Gasteiger charge is 2.28. The maximum Gasteiger partial charge on any atom is 0.393 e. The molecule has 0 unspecified atom stereocenters. The summed E-state index contributed by atoms with van der Waals surface area (Å²) in [6.45, 7) is 0. The Labute approximate surface area is 85.1 Å². The molecule has 0 atom stereocenters. The lowest BCUT2D eigenvalue weighted by molar-refractivity contribution is -0.127. The molecule has 0 aliphatic heterocycles. The van der Waals surface area contributed by atoms with Crippen LogP contribution in [-0.4, -0.2) is 10.7 Å². The van der Waals surface area contributed by atoms with Crippen molar-refractivity contribution in [1.29, 1.82) is 0 Å². The summed E-state index contributed by atoms with van der Waals surface area (Å²) in [7, 11) is 1.75. The molecule has 0 N–H and O–H groups in total. The summed E-state index contributed by atoms with van der Waals surface area (Å²) in [5.74, 6) is 0. The lowest BCUT2D eigenvalue weighted by atomic mass is 10.1. The van der Waals surface area contributed by atoms with Crippen molar-refractivity contribution in [3.63, 3.8) is 0 Å². The third kappa shape index (κ3) is 1.98. The first-order valence-corrected chi connectivity index (χ1v) is 4.57. The maximum absolute atomic E-state index is 12.3. The lowest BCUT2D eigenvalue weighted by Gasteiger charge is -2.09. The number of alkyl halides is 3. The fourth-order valence-corrected chi connectivity index (χ4v) is 1.80. The average Bonchev–Trinajstić information content (AvgIpc) is 2.46. The van der Waals surface area contributed by atoms with E-state index < -0.39 is 12.6 Å². The first kappa shape index (κ1) is 10.1. The Morgan fingerprint density at radius 3 is 2.60 bits per heavy atom. The highest BCUT2D eigenvalue weighted by molar-refractivity contribution is 5.83. The molecule has 0 aliphatic carbocycles. The van der Waals surface area contributed by atoms with Crippen molar-refractivity contribution in [2.24, 2.45) is 7.05 Å². The smallest absolute Gasteiger partial charge is 0.350 e. The quantitative estimate of drug-likeness (QED) is 0.685. The van der Waals surface area contributed by atoms with Crippen LogP contribution in [0.3, 0.4) is 0 Å². The van der Waals surface area contributed by atoms with Gasteiger partial charge in [0.05, 0.1) is 11.9 Å². The van der Waals surface area contributed by atoms with E-state index in [1.54, 1.807) is 23.9 Å². The number of rotatable bonds is 1. The molecule has 0 fully saturated rings. The van der Waals surface area contributed by atoms with Crippen LogP contribution in [0, 0.1) is 0 Å². The molecule has 2 rings (SSSR count). The summed E-state index contributed by atoms with van der Waals surface area (Å²) < 4.78 is 38.6. The molecule has 0 aliphatic rings. The number of benzene rings is 1. The Balaban J connectivity index is 2.55. The van der Waals surface area contributed by atoms with Gasteiger partial charge in [0, 0.05) is 13.2 Å². The minimum atomic E-state index is -4.15. The van der Waals surface area contributed by atoms with Gasteiger partial charge in [-0.3, -0.25) is 0 Å². The van der Waals surface area contributed by atoms with Crippen LogP contribution >= 0.6 is 0 Å². The third-order valence-electron chi connectivity index (χ3n) is 2.37. The van der Waals surface area contributed by atoms with Crippen LogP contribution in [0.15, 0.2) is 30.5 Å². The van der Waals surface area contributed by atoms with Gasteiger partial charge in [-0.05, 0) is 17.0 Å². The maximum atomic E-state index is 12.3. The standard InChI is InChI=1S/C11H10F3N/c1-15-6-5-8-3-2-4-9(10(8)15)7-11(12,13)14/h2-6H,7H2,1H3. The van der Waals surface area contributed by atoms with Gasteiger partial charge in [-0.15, -0.1) is 0 Å². The minimum absolute atomic E-state index is 0.326. The second-order valence-corrected chi connectivity index (χ2v) is 3.57. The predicted octanol–water partition coefficient (Wildman–Crippen LogP) is 3.28. The van der Waals surface area contributed by atoms with Crippen LogP contribution in [0.2, 0.25) is 0 Å². The molecule has 0 spiro atoms. The lowest BCUT2D eigenvalue weighted by Crippen LogP contribution is -2.12. The predicted molar refractivity (Wildman–Crippen MR) is 52.7 cm³/mol.